The summed E-state index contributed by atoms with van der Waals surface area (Å²) >= 11 is 0. The Hall–Kier alpha value is -0.200. The van der Waals surface area contributed by atoms with Gasteiger partial charge in [0.25, 0.3) is 0 Å². The molecule has 1 fully saturated rings. The minimum atomic E-state index is -2.09. The Morgan fingerprint density at radius 1 is 1.50 bits per heavy atom. The molecule has 10 heavy (non-hydrogen) atoms. The highest BCUT2D eigenvalue weighted by atomic mass is 16.7. The molecule has 0 saturated carbocycles. The van der Waals surface area contributed by atoms with Gasteiger partial charge in [-0.3, -0.25) is 0 Å². The Labute approximate surface area is 57.5 Å². The molecule has 1 aliphatic rings. The number of hydrogen-bond donors (Lipinski definition) is 4. The standard InChI is InChI=1S/C5H10O5/c6-2-3-5(8,9)1-4(7)10-3/h3-4,6-9H,1-2H2/t3-,4+/m1/s1. The average molecular weight is 150 g/mol. The van der Waals surface area contributed by atoms with Crippen molar-refractivity contribution < 1.29 is 25.2 Å². The molecule has 0 radical (unpaired) electrons. The second-order valence-electron chi connectivity index (χ2n) is 2.34. The molecular weight excluding hydrogens is 140 g/mol. The third-order valence-corrected chi connectivity index (χ3v) is 1.48. The molecule has 60 valence electrons. The lowest BCUT2D eigenvalue weighted by molar-refractivity contribution is -0.204. The third-order valence-electron chi connectivity index (χ3n) is 1.48. The maximum absolute atomic E-state index is 8.94. The molecule has 5 nitrogen and oxygen atoms in total. The SMILES string of the molecule is OC[C@H]1O[C@H](O)CC1(O)O. The summed E-state index contributed by atoms with van der Waals surface area (Å²) in [5, 5.41) is 35.0. The maximum atomic E-state index is 8.94. The molecule has 1 rings (SSSR count). The number of hydrogen-bond acceptors (Lipinski definition) is 5. The first-order valence-corrected chi connectivity index (χ1v) is 2.95. The van der Waals surface area contributed by atoms with Crippen LogP contribution in [0.2, 0.25) is 0 Å². The van der Waals surface area contributed by atoms with E-state index in [1.807, 2.05) is 0 Å². The van der Waals surface area contributed by atoms with Crippen molar-refractivity contribution in [2.45, 2.75) is 24.6 Å². The van der Waals surface area contributed by atoms with Crippen LogP contribution < -0.4 is 0 Å². The van der Waals surface area contributed by atoms with Crippen molar-refractivity contribution in [2.24, 2.45) is 0 Å². The summed E-state index contributed by atoms with van der Waals surface area (Å²) in [6, 6.07) is 0. The zero-order valence-electron chi connectivity index (χ0n) is 5.27. The molecule has 0 aliphatic carbocycles. The molecule has 0 aromatic heterocycles. The lowest BCUT2D eigenvalue weighted by Crippen LogP contribution is -2.40. The van der Waals surface area contributed by atoms with Gasteiger partial charge in [-0.1, -0.05) is 0 Å². The molecule has 1 heterocycles. The monoisotopic (exact) mass is 150 g/mol. The Morgan fingerprint density at radius 2 is 2.10 bits per heavy atom. The fourth-order valence-corrected chi connectivity index (χ4v) is 0.924. The van der Waals surface area contributed by atoms with Gasteiger partial charge in [0.1, 0.15) is 6.10 Å². The number of aliphatic hydroxyl groups is 4. The van der Waals surface area contributed by atoms with Crippen LogP contribution in [-0.2, 0) is 4.74 Å². The zero-order chi connectivity index (χ0) is 7.78. The molecule has 1 saturated heterocycles. The quantitative estimate of drug-likeness (QED) is 0.317. The molecule has 5 heteroatoms. The van der Waals surface area contributed by atoms with Crippen LogP contribution >= 0.6 is 0 Å². The van der Waals surface area contributed by atoms with Crippen LogP contribution in [0.1, 0.15) is 6.42 Å². The molecule has 0 aromatic rings. The van der Waals surface area contributed by atoms with Crippen molar-refractivity contribution in [3.05, 3.63) is 0 Å². The first kappa shape index (κ1) is 7.90. The summed E-state index contributed by atoms with van der Waals surface area (Å²) in [5.74, 6) is -2.09. The molecule has 0 unspecified atom stereocenters. The molecule has 0 amide bonds. The minimum Gasteiger partial charge on any atom is -0.393 e. The number of ether oxygens (including phenoxy) is 1. The van der Waals surface area contributed by atoms with E-state index in [1.54, 1.807) is 0 Å². The van der Waals surface area contributed by atoms with Crippen LogP contribution in [0.3, 0.4) is 0 Å². The van der Waals surface area contributed by atoms with Gasteiger partial charge in [-0.2, -0.15) is 0 Å². The van der Waals surface area contributed by atoms with Crippen molar-refractivity contribution in [3.8, 4) is 0 Å². The molecule has 0 aromatic carbocycles. The minimum absolute atomic E-state index is 0.280. The summed E-state index contributed by atoms with van der Waals surface area (Å²) in [5.41, 5.74) is 0. The van der Waals surface area contributed by atoms with Crippen molar-refractivity contribution in [3.63, 3.8) is 0 Å². The number of aliphatic hydroxyl groups excluding tert-OH is 2. The van der Waals surface area contributed by atoms with E-state index in [4.69, 9.17) is 20.4 Å². The summed E-state index contributed by atoms with van der Waals surface area (Å²) in [4.78, 5) is 0. The molecule has 4 N–H and O–H groups in total. The van der Waals surface area contributed by atoms with Gasteiger partial charge in [0.15, 0.2) is 12.1 Å². The normalized spacial score (nSPS) is 38.4. The highest BCUT2D eigenvalue weighted by Crippen LogP contribution is 2.26. The molecule has 2 atom stereocenters. The van der Waals surface area contributed by atoms with Crippen LogP contribution in [0.25, 0.3) is 0 Å². The van der Waals surface area contributed by atoms with Gasteiger partial charge in [0, 0.05) is 0 Å². The van der Waals surface area contributed by atoms with Crippen LogP contribution in [0.5, 0.6) is 0 Å². The Kier molecular flexibility index (Phi) is 1.93. The van der Waals surface area contributed by atoms with E-state index in [0.29, 0.717) is 0 Å². The topological polar surface area (TPSA) is 90.2 Å². The molecule has 1 aliphatic heterocycles. The lowest BCUT2D eigenvalue weighted by Gasteiger charge is -2.18. The summed E-state index contributed by atoms with van der Waals surface area (Å²) in [6.07, 6.45) is -2.56. The summed E-state index contributed by atoms with van der Waals surface area (Å²) < 4.78 is 4.53. The predicted octanol–water partition coefficient (Wildman–Crippen LogP) is -2.23. The second-order valence-corrected chi connectivity index (χ2v) is 2.34. The van der Waals surface area contributed by atoms with Gasteiger partial charge in [-0.15, -0.1) is 0 Å². The van der Waals surface area contributed by atoms with E-state index < -0.39 is 24.8 Å². The smallest absolute Gasteiger partial charge is 0.197 e. The lowest BCUT2D eigenvalue weighted by atomic mass is 10.1. The Bertz CT molecular complexity index is 123. The van der Waals surface area contributed by atoms with Crippen LogP contribution in [0.15, 0.2) is 0 Å². The fourth-order valence-electron chi connectivity index (χ4n) is 0.924. The van der Waals surface area contributed by atoms with Crippen LogP contribution in [0, 0.1) is 0 Å². The van der Waals surface area contributed by atoms with Crippen molar-refractivity contribution in [1.82, 2.24) is 0 Å². The van der Waals surface area contributed by atoms with Gasteiger partial charge >= 0.3 is 0 Å². The summed E-state index contributed by atoms with van der Waals surface area (Å²) in [7, 11) is 0. The van der Waals surface area contributed by atoms with E-state index in [9.17, 15) is 0 Å². The molecular formula is C5H10O5. The first-order valence-electron chi connectivity index (χ1n) is 2.95. The average Bonchev–Trinajstić information content (AvgIpc) is 2.04. The van der Waals surface area contributed by atoms with Gasteiger partial charge < -0.3 is 25.2 Å². The van der Waals surface area contributed by atoms with Crippen molar-refractivity contribution >= 4 is 0 Å². The second kappa shape index (κ2) is 2.44. The third kappa shape index (κ3) is 1.28. The van der Waals surface area contributed by atoms with E-state index >= 15 is 0 Å². The van der Waals surface area contributed by atoms with E-state index in [0.717, 1.165) is 0 Å². The van der Waals surface area contributed by atoms with Crippen LogP contribution in [-0.4, -0.2) is 45.2 Å². The fraction of sp³-hybridized carbons (Fsp3) is 1.00. The Balaban J connectivity index is 2.58. The van der Waals surface area contributed by atoms with E-state index in [1.165, 1.54) is 0 Å². The maximum Gasteiger partial charge on any atom is 0.197 e. The van der Waals surface area contributed by atoms with Gasteiger partial charge in [-0.25, -0.2) is 0 Å². The van der Waals surface area contributed by atoms with Gasteiger partial charge in [-0.05, 0) is 0 Å². The number of rotatable bonds is 1. The Morgan fingerprint density at radius 3 is 2.30 bits per heavy atom. The highest BCUT2D eigenvalue weighted by molar-refractivity contribution is 4.83. The van der Waals surface area contributed by atoms with E-state index in [-0.39, 0.29) is 6.42 Å². The molecule has 0 bridgehead atoms. The largest absolute Gasteiger partial charge is 0.393 e. The summed E-state index contributed by atoms with van der Waals surface area (Å²) in [6.45, 7) is -0.510. The zero-order valence-corrected chi connectivity index (χ0v) is 5.27. The highest BCUT2D eigenvalue weighted by Gasteiger charge is 2.45. The van der Waals surface area contributed by atoms with Crippen molar-refractivity contribution in [2.75, 3.05) is 6.61 Å². The van der Waals surface area contributed by atoms with Crippen LogP contribution in [0.4, 0.5) is 0 Å². The molecule has 0 spiro atoms. The first-order chi connectivity index (χ1) is 4.56. The van der Waals surface area contributed by atoms with E-state index in [2.05, 4.69) is 4.74 Å². The van der Waals surface area contributed by atoms with Crippen molar-refractivity contribution in [1.29, 1.82) is 0 Å². The predicted molar refractivity (Wildman–Crippen MR) is 29.8 cm³/mol. The van der Waals surface area contributed by atoms with Gasteiger partial charge in [0.05, 0.1) is 13.0 Å². The van der Waals surface area contributed by atoms with Gasteiger partial charge in [0.2, 0.25) is 0 Å².